The van der Waals surface area contributed by atoms with Crippen molar-refractivity contribution in [1.29, 1.82) is 0 Å². The molecule has 0 radical (unpaired) electrons. The van der Waals surface area contributed by atoms with E-state index in [9.17, 15) is 0 Å². The first-order chi connectivity index (χ1) is 9.25. The molecule has 0 atom stereocenters. The fourth-order valence-corrected chi connectivity index (χ4v) is 4.10. The van der Waals surface area contributed by atoms with Crippen LogP contribution in [0.2, 0.25) is 0 Å². The van der Waals surface area contributed by atoms with Crippen LogP contribution in [0.5, 0.6) is 0 Å². The summed E-state index contributed by atoms with van der Waals surface area (Å²) in [5, 5.41) is 0. The largest absolute Gasteiger partial charge is 0.329 e. The third kappa shape index (κ3) is 3.32. The third-order valence-corrected chi connectivity index (χ3v) is 5.74. The van der Waals surface area contributed by atoms with Crippen LogP contribution in [0, 0.1) is 0 Å². The molecule has 2 aliphatic heterocycles. The molecule has 0 spiro atoms. The van der Waals surface area contributed by atoms with Crippen LogP contribution in [0.15, 0.2) is 0 Å². The molecule has 0 saturated carbocycles. The molecule has 2 fully saturated rings. The van der Waals surface area contributed by atoms with Gasteiger partial charge in [0.25, 0.3) is 0 Å². The topological polar surface area (TPSA) is 32.5 Å². The second-order valence-corrected chi connectivity index (χ2v) is 6.45. The first-order valence-corrected chi connectivity index (χ1v) is 8.45. The minimum Gasteiger partial charge on any atom is -0.329 e. The van der Waals surface area contributed by atoms with Gasteiger partial charge in [-0.05, 0) is 51.6 Å². The Labute approximate surface area is 119 Å². The van der Waals surface area contributed by atoms with E-state index in [2.05, 4.69) is 23.6 Å². The zero-order valence-corrected chi connectivity index (χ0v) is 13.0. The number of piperidine rings is 2. The van der Waals surface area contributed by atoms with Crippen LogP contribution < -0.4 is 5.73 Å². The highest BCUT2D eigenvalue weighted by Gasteiger charge is 2.35. The van der Waals surface area contributed by atoms with Crippen LogP contribution in [0.4, 0.5) is 0 Å². The monoisotopic (exact) mass is 267 g/mol. The average molecular weight is 267 g/mol. The van der Waals surface area contributed by atoms with Crippen molar-refractivity contribution in [2.75, 3.05) is 32.7 Å². The molecular formula is C16H33N3. The summed E-state index contributed by atoms with van der Waals surface area (Å²) in [5.74, 6) is 0. The molecule has 112 valence electrons. The standard InChI is InChI=1S/C16H33N3/c1-3-16(4-2,14-17)19-12-8-15(9-13-19)18-10-6-5-7-11-18/h15H,3-14,17H2,1-2H3. The SMILES string of the molecule is CCC(CC)(CN)N1CCC(N2CCCCC2)CC1. The van der Waals surface area contributed by atoms with Gasteiger partial charge in [-0.15, -0.1) is 0 Å². The van der Waals surface area contributed by atoms with Gasteiger partial charge in [0, 0.05) is 31.2 Å². The molecule has 0 aliphatic carbocycles. The lowest BCUT2D eigenvalue weighted by atomic mass is 9.87. The molecular weight excluding hydrogens is 234 g/mol. The minimum absolute atomic E-state index is 0.271. The van der Waals surface area contributed by atoms with Crippen LogP contribution >= 0.6 is 0 Å². The van der Waals surface area contributed by atoms with Crippen LogP contribution in [-0.4, -0.2) is 54.1 Å². The summed E-state index contributed by atoms with van der Waals surface area (Å²) >= 11 is 0. The van der Waals surface area contributed by atoms with Crippen molar-refractivity contribution in [2.45, 2.75) is 70.4 Å². The maximum absolute atomic E-state index is 6.09. The van der Waals surface area contributed by atoms with Gasteiger partial charge < -0.3 is 10.6 Å². The van der Waals surface area contributed by atoms with Gasteiger partial charge >= 0.3 is 0 Å². The number of nitrogens with two attached hydrogens (primary N) is 1. The highest BCUT2D eigenvalue weighted by molar-refractivity contribution is 4.93. The molecule has 0 bridgehead atoms. The molecule has 2 saturated heterocycles. The zero-order valence-electron chi connectivity index (χ0n) is 13.0. The van der Waals surface area contributed by atoms with Crippen LogP contribution in [0.3, 0.4) is 0 Å². The van der Waals surface area contributed by atoms with Gasteiger partial charge in [-0.2, -0.15) is 0 Å². The lowest BCUT2D eigenvalue weighted by Gasteiger charge is -2.48. The molecule has 3 nitrogen and oxygen atoms in total. The van der Waals surface area contributed by atoms with Crippen LogP contribution in [0.1, 0.15) is 58.8 Å². The van der Waals surface area contributed by atoms with E-state index in [0.717, 1.165) is 12.6 Å². The Morgan fingerprint density at radius 3 is 2.00 bits per heavy atom. The van der Waals surface area contributed by atoms with Gasteiger partial charge in [0.2, 0.25) is 0 Å². The Balaban J connectivity index is 1.87. The summed E-state index contributed by atoms with van der Waals surface area (Å²) in [6, 6.07) is 0.848. The van der Waals surface area contributed by atoms with Gasteiger partial charge in [0.05, 0.1) is 0 Å². The fourth-order valence-electron chi connectivity index (χ4n) is 4.10. The van der Waals surface area contributed by atoms with E-state index in [-0.39, 0.29) is 5.54 Å². The quantitative estimate of drug-likeness (QED) is 0.830. The van der Waals surface area contributed by atoms with Crippen molar-refractivity contribution < 1.29 is 0 Å². The van der Waals surface area contributed by atoms with Crippen LogP contribution in [0.25, 0.3) is 0 Å². The molecule has 2 heterocycles. The molecule has 0 amide bonds. The molecule has 2 rings (SSSR count). The van der Waals surface area contributed by atoms with E-state index < -0.39 is 0 Å². The maximum Gasteiger partial charge on any atom is 0.0326 e. The molecule has 0 aromatic carbocycles. The third-order valence-electron chi connectivity index (χ3n) is 5.74. The summed E-state index contributed by atoms with van der Waals surface area (Å²) < 4.78 is 0. The first kappa shape index (κ1) is 15.3. The summed E-state index contributed by atoms with van der Waals surface area (Å²) in [6.45, 7) is 10.6. The Kier molecular flexibility index (Phi) is 5.67. The molecule has 19 heavy (non-hydrogen) atoms. The number of likely N-dealkylation sites (tertiary alicyclic amines) is 2. The fraction of sp³-hybridized carbons (Fsp3) is 1.00. The minimum atomic E-state index is 0.271. The van der Waals surface area contributed by atoms with Gasteiger partial charge in [0.1, 0.15) is 0 Å². The van der Waals surface area contributed by atoms with Crippen molar-refractivity contribution >= 4 is 0 Å². The number of hydrogen-bond acceptors (Lipinski definition) is 3. The van der Waals surface area contributed by atoms with Crippen molar-refractivity contribution in [3.8, 4) is 0 Å². The van der Waals surface area contributed by atoms with Crippen molar-refractivity contribution in [3.05, 3.63) is 0 Å². The Morgan fingerprint density at radius 2 is 1.53 bits per heavy atom. The summed E-state index contributed by atoms with van der Waals surface area (Å²) in [4.78, 5) is 5.44. The molecule has 2 aliphatic rings. The van der Waals surface area contributed by atoms with Crippen LogP contribution in [-0.2, 0) is 0 Å². The zero-order chi connectivity index (χ0) is 13.7. The summed E-state index contributed by atoms with van der Waals surface area (Å²) in [5.41, 5.74) is 6.36. The van der Waals surface area contributed by atoms with E-state index >= 15 is 0 Å². The van der Waals surface area contributed by atoms with Crippen molar-refractivity contribution in [3.63, 3.8) is 0 Å². The maximum atomic E-state index is 6.09. The molecule has 0 unspecified atom stereocenters. The van der Waals surface area contributed by atoms with Gasteiger partial charge in [0.15, 0.2) is 0 Å². The van der Waals surface area contributed by atoms with Gasteiger partial charge in [-0.25, -0.2) is 0 Å². The predicted molar refractivity (Wildman–Crippen MR) is 82.4 cm³/mol. The smallest absolute Gasteiger partial charge is 0.0326 e. The highest BCUT2D eigenvalue weighted by atomic mass is 15.2. The van der Waals surface area contributed by atoms with E-state index in [4.69, 9.17) is 5.73 Å². The summed E-state index contributed by atoms with van der Waals surface area (Å²) in [7, 11) is 0. The van der Waals surface area contributed by atoms with Crippen molar-refractivity contribution in [1.82, 2.24) is 9.80 Å². The average Bonchev–Trinajstić information content (AvgIpc) is 2.51. The van der Waals surface area contributed by atoms with E-state index in [1.54, 1.807) is 0 Å². The Morgan fingerprint density at radius 1 is 0.947 bits per heavy atom. The molecule has 2 N–H and O–H groups in total. The number of nitrogens with zero attached hydrogens (tertiary/aromatic N) is 2. The second kappa shape index (κ2) is 7.05. The lowest BCUT2D eigenvalue weighted by Crippen LogP contribution is -2.58. The van der Waals surface area contributed by atoms with Gasteiger partial charge in [-0.1, -0.05) is 20.3 Å². The molecule has 0 aromatic rings. The van der Waals surface area contributed by atoms with Crippen molar-refractivity contribution in [2.24, 2.45) is 5.73 Å². The van der Waals surface area contributed by atoms with E-state index in [0.29, 0.717) is 0 Å². The predicted octanol–water partition coefficient (Wildman–Crippen LogP) is 2.45. The Bertz CT molecular complexity index is 240. The number of hydrogen-bond donors (Lipinski definition) is 1. The Hall–Kier alpha value is -0.120. The second-order valence-electron chi connectivity index (χ2n) is 6.45. The lowest BCUT2D eigenvalue weighted by molar-refractivity contribution is 0.0240. The number of rotatable bonds is 5. The van der Waals surface area contributed by atoms with E-state index in [1.165, 1.54) is 71.1 Å². The highest BCUT2D eigenvalue weighted by Crippen LogP contribution is 2.29. The van der Waals surface area contributed by atoms with Gasteiger partial charge in [-0.3, -0.25) is 4.90 Å². The molecule has 3 heteroatoms. The normalized spacial score (nSPS) is 24.8. The first-order valence-electron chi connectivity index (χ1n) is 8.45. The molecule has 0 aromatic heterocycles. The summed E-state index contributed by atoms with van der Waals surface area (Å²) in [6.07, 6.45) is 9.34. The van der Waals surface area contributed by atoms with E-state index in [1.807, 2.05) is 0 Å².